The topological polar surface area (TPSA) is 72.9 Å². The molecule has 1 aromatic carbocycles. The standard InChI is InChI=1S/C18H25F3N4O/c1-10(2)17(5,9-22)24-15(26)12-6-7-14-13(8-12)23-16(18(19,20)21)25(14)11(3)4/h6-8,10-11H,9,22H2,1-5H3,(H,24,26). The molecule has 1 unspecified atom stereocenters. The number of nitrogens with one attached hydrogen (secondary N) is 1. The Morgan fingerprint density at radius 1 is 1.27 bits per heavy atom. The Hall–Kier alpha value is -2.09. The summed E-state index contributed by atoms with van der Waals surface area (Å²) in [7, 11) is 0. The van der Waals surface area contributed by atoms with Crippen LogP contribution < -0.4 is 11.1 Å². The minimum absolute atomic E-state index is 0.0946. The molecule has 0 aliphatic carbocycles. The molecule has 0 spiro atoms. The highest BCUT2D eigenvalue weighted by Crippen LogP contribution is 2.34. The average molecular weight is 370 g/mol. The third kappa shape index (κ3) is 3.70. The van der Waals surface area contributed by atoms with E-state index >= 15 is 0 Å². The molecule has 1 amide bonds. The zero-order chi connectivity index (χ0) is 19.9. The van der Waals surface area contributed by atoms with Gasteiger partial charge in [0.2, 0.25) is 5.82 Å². The van der Waals surface area contributed by atoms with Gasteiger partial charge in [-0.05, 0) is 44.9 Å². The van der Waals surface area contributed by atoms with E-state index in [0.29, 0.717) is 5.52 Å². The number of halogens is 3. The molecule has 1 aromatic heterocycles. The van der Waals surface area contributed by atoms with Crippen LogP contribution in [0.15, 0.2) is 18.2 Å². The van der Waals surface area contributed by atoms with Crippen molar-refractivity contribution in [2.45, 2.75) is 52.4 Å². The first kappa shape index (κ1) is 20.2. The van der Waals surface area contributed by atoms with Gasteiger partial charge in [-0.25, -0.2) is 4.98 Å². The Balaban J connectivity index is 2.48. The van der Waals surface area contributed by atoms with Crippen LogP contribution >= 0.6 is 0 Å². The average Bonchev–Trinajstić information content (AvgIpc) is 2.93. The maximum atomic E-state index is 13.3. The highest BCUT2D eigenvalue weighted by atomic mass is 19.4. The normalized spacial score (nSPS) is 14.9. The minimum Gasteiger partial charge on any atom is -0.345 e. The van der Waals surface area contributed by atoms with E-state index in [4.69, 9.17) is 5.73 Å². The number of imidazole rings is 1. The fourth-order valence-electron chi connectivity index (χ4n) is 2.73. The SMILES string of the molecule is CC(C)n1c(C(F)(F)F)nc2cc(C(=O)NC(C)(CN)C(C)C)ccc21. The number of hydrogen-bond acceptors (Lipinski definition) is 3. The number of benzene rings is 1. The van der Waals surface area contributed by atoms with Gasteiger partial charge in [-0.3, -0.25) is 4.79 Å². The van der Waals surface area contributed by atoms with Gasteiger partial charge in [0.1, 0.15) is 0 Å². The molecular weight excluding hydrogens is 345 g/mol. The van der Waals surface area contributed by atoms with Crippen molar-refractivity contribution in [2.24, 2.45) is 11.7 Å². The number of carbonyl (C=O) groups excluding carboxylic acids is 1. The second-order valence-corrected chi connectivity index (χ2v) is 7.33. The van der Waals surface area contributed by atoms with Crippen molar-refractivity contribution >= 4 is 16.9 Å². The largest absolute Gasteiger partial charge is 0.449 e. The van der Waals surface area contributed by atoms with Gasteiger partial charge in [0.15, 0.2) is 0 Å². The van der Waals surface area contributed by atoms with E-state index in [9.17, 15) is 18.0 Å². The van der Waals surface area contributed by atoms with E-state index in [1.807, 2.05) is 20.8 Å². The smallest absolute Gasteiger partial charge is 0.345 e. The summed E-state index contributed by atoms with van der Waals surface area (Å²) in [4.78, 5) is 16.3. The Labute approximate surface area is 150 Å². The van der Waals surface area contributed by atoms with Gasteiger partial charge in [0.25, 0.3) is 5.91 Å². The summed E-state index contributed by atoms with van der Waals surface area (Å²) in [5.41, 5.74) is 5.89. The van der Waals surface area contributed by atoms with Crippen molar-refractivity contribution < 1.29 is 18.0 Å². The third-order valence-corrected chi connectivity index (χ3v) is 4.82. The zero-order valence-electron chi connectivity index (χ0n) is 15.6. The van der Waals surface area contributed by atoms with E-state index in [-0.39, 0.29) is 29.4 Å². The number of amides is 1. The maximum absolute atomic E-state index is 13.3. The van der Waals surface area contributed by atoms with E-state index in [1.54, 1.807) is 13.8 Å². The lowest BCUT2D eigenvalue weighted by Crippen LogP contribution is -2.55. The molecule has 8 heteroatoms. The third-order valence-electron chi connectivity index (χ3n) is 4.82. The number of rotatable bonds is 5. The molecule has 5 nitrogen and oxygen atoms in total. The molecule has 0 saturated heterocycles. The quantitative estimate of drug-likeness (QED) is 0.842. The molecule has 0 saturated carbocycles. The van der Waals surface area contributed by atoms with Crippen LogP contribution in [0, 0.1) is 5.92 Å². The van der Waals surface area contributed by atoms with Gasteiger partial charge in [0.05, 0.1) is 16.6 Å². The molecule has 0 fully saturated rings. The maximum Gasteiger partial charge on any atom is 0.449 e. The highest BCUT2D eigenvalue weighted by Gasteiger charge is 2.38. The van der Waals surface area contributed by atoms with E-state index in [1.165, 1.54) is 18.2 Å². The van der Waals surface area contributed by atoms with Gasteiger partial charge in [-0.15, -0.1) is 0 Å². The van der Waals surface area contributed by atoms with Gasteiger partial charge < -0.3 is 15.6 Å². The first-order valence-electron chi connectivity index (χ1n) is 8.52. The molecular formula is C18H25F3N4O. The van der Waals surface area contributed by atoms with Crippen LogP contribution in [-0.4, -0.2) is 27.5 Å². The van der Waals surface area contributed by atoms with Crippen LogP contribution in [-0.2, 0) is 6.18 Å². The Kier molecular flexibility index (Phi) is 5.37. The van der Waals surface area contributed by atoms with Crippen molar-refractivity contribution in [3.8, 4) is 0 Å². The Morgan fingerprint density at radius 2 is 1.88 bits per heavy atom. The number of fused-ring (bicyclic) bond motifs is 1. The lowest BCUT2D eigenvalue weighted by Gasteiger charge is -2.33. The van der Waals surface area contributed by atoms with Crippen molar-refractivity contribution in [3.63, 3.8) is 0 Å². The Morgan fingerprint density at radius 3 is 2.35 bits per heavy atom. The van der Waals surface area contributed by atoms with Crippen LogP contribution in [0.25, 0.3) is 11.0 Å². The summed E-state index contributed by atoms with van der Waals surface area (Å²) in [6, 6.07) is 3.98. The van der Waals surface area contributed by atoms with Crippen LogP contribution in [0.4, 0.5) is 13.2 Å². The highest BCUT2D eigenvalue weighted by molar-refractivity contribution is 5.98. The number of hydrogen-bond donors (Lipinski definition) is 2. The van der Waals surface area contributed by atoms with Gasteiger partial charge in [-0.1, -0.05) is 13.8 Å². The summed E-state index contributed by atoms with van der Waals surface area (Å²) in [5.74, 6) is -1.26. The van der Waals surface area contributed by atoms with E-state index in [2.05, 4.69) is 10.3 Å². The zero-order valence-corrected chi connectivity index (χ0v) is 15.6. The van der Waals surface area contributed by atoms with Gasteiger partial charge >= 0.3 is 6.18 Å². The fourth-order valence-corrected chi connectivity index (χ4v) is 2.73. The van der Waals surface area contributed by atoms with Gasteiger partial charge in [-0.2, -0.15) is 13.2 Å². The van der Waals surface area contributed by atoms with Crippen molar-refractivity contribution in [2.75, 3.05) is 6.54 Å². The molecule has 0 aliphatic rings. The van der Waals surface area contributed by atoms with E-state index in [0.717, 1.165) is 4.57 Å². The predicted molar refractivity (Wildman–Crippen MR) is 94.9 cm³/mol. The molecule has 1 atom stereocenters. The summed E-state index contributed by atoms with van der Waals surface area (Å²) in [6.07, 6.45) is -4.57. The number of alkyl halides is 3. The summed E-state index contributed by atoms with van der Waals surface area (Å²) in [6.45, 7) is 9.29. The lowest BCUT2D eigenvalue weighted by atomic mass is 9.88. The predicted octanol–water partition coefficient (Wildman–Crippen LogP) is 3.74. The minimum atomic E-state index is -4.57. The Bertz CT molecular complexity index is 811. The van der Waals surface area contributed by atoms with Gasteiger partial charge in [0, 0.05) is 18.2 Å². The second kappa shape index (κ2) is 6.90. The molecule has 2 aromatic rings. The number of nitrogens with two attached hydrogens (primary N) is 1. The molecule has 26 heavy (non-hydrogen) atoms. The van der Waals surface area contributed by atoms with Crippen molar-refractivity contribution in [1.29, 1.82) is 0 Å². The molecule has 0 radical (unpaired) electrons. The van der Waals surface area contributed by atoms with Crippen LogP contribution in [0.1, 0.15) is 56.8 Å². The molecule has 2 rings (SSSR count). The van der Waals surface area contributed by atoms with E-state index < -0.39 is 23.6 Å². The number of carbonyl (C=O) groups is 1. The number of aromatic nitrogens is 2. The van der Waals surface area contributed by atoms with Crippen molar-refractivity contribution in [1.82, 2.24) is 14.9 Å². The molecule has 3 N–H and O–H groups in total. The van der Waals surface area contributed by atoms with Crippen LogP contribution in [0.3, 0.4) is 0 Å². The first-order valence-corrected chi connectivity index (χ1v) is 8.52. The summed E-state index contributed by atoms with van der Waals surface area (Å²) in [5, 5.41) is 2.88. The second-order valence-electron chi connectivity index (χ2n) is 7.33. The molecule has 0 bridgehead atoms. The van der Waals surface area contributed by atoms with Crippen molar-refractivity contribution in [3.05, 3.63) is 29.6 Å². The van der Waals surface area contributed by atoms with Crippen LogP contribution in [0.5, 0.6) is 0 Å². The number of nitrogens with zero attached hydrogens (tertiary/aromatic N) is 2. The van der Waals surface area contributed by atoms with Crippen LogP contribution in [0.2, 0.25) is 0 Å². The molecule has 144 valence electrons. The first-order chi connectivity index (χ1) is 11.9. The monoisotopic (exact) mass is 370 g/mol. The lowest BCUT2D eigenvalue weighted by molar-refractivity contribution is -0.147. The summed E-state index contributed by atoms with van der Waals surface area (Å²) >= 11 is 0. The molecule has 1 heterocycles. The fraction of sp³-hybridized carbons (Fsp3) is 0.556. The summed E-state index contributed by atoms with van der Waals surface area (Å²) < 4.78 is 41.0. The molecule has 0 aliphatic heterocycles.